The summed E-state index contributed by atoms with van der Waals surface area (Å²) in [4.78, 5) is 0. The highest BCUT2D eigenvalue weighted by Gasteiger charge is 2.04. The van der Waals surface area contributed by atoms with E-state index in [0.717, 1.165) is 0 Å². The predicted molar refractivity (Wildman–Crippen MR) is 33.5 cm³/mol. The summed E-state index contributed by atoms with van der Waals surface area (Å²) >= 11 is 0. The molecular weight excluding hydrogens is 105 g/mol. The molecule has 0 aromatic heterocycles. The third kappa shape index (κ3) is 4.06. The van der Waals surface area contributed by atoms with E-state index in [2.05, 4.69) is 0 Å². The van der Waals surface area contributed by atoms with Gasteiger partial charge in [0.05, 0.1) is 0 Å². The third-order valence-electron chi connectivity index (χ3n) is 1.07. The van der Waals surface area contributed by atoms with Crippen molar-refractivity contribution in [2.24, 2.45) is 5.73 Å². The molecule has 0 bridgehead atoms. The van der Waals surface area contributed by atoms with E-state index in [-0.39, 0.29) is 6.04 Å². The SMILES string of the molecule is CCC(F)CC(C)N. The molecule has 2 heteroatoms. The van der Waals surface area contributed by atoms with Gasteiger partial charge in [0.1, 0.15) is 6.17 Å². The Labute approximate surface area is 50.1 Å². The fraction of sp³-hybridized carbons (Fsp3) is 1.00. The maximum Gasteiger partial charge on any atom is 0.101 e. The molecule has 0 heterocycles. The highest BCUT2D eigenvalue weighted by Crippen LogP contribution is 2.03. The highest BCUT2D eigenvalue weighted by atomic mass is 19.1. The lowest BCUT2D eigenvalue weighted by molar-refractivity contribution is 0.291. The first-order valence-corrected chi connectivity index (χ1v) is 3.06. The molecule has 8 heavy (non-hydrogen) atoms. The van der Waals surface area contributed by atoms with Gasteiger partial charge < -0.3 is 5.73 Å². The number of rotatable bonds is 3. The van der Waals surface area contributed by atoms with Gasteiger partial charge in [0.2, 0.25) is 0 Å². The molecule has 2 N–H and O–H groups in total. The van der Waals surface area contributed by atoms with Crippen molar-refractivity contribution in [2.45, 2.75) is 38.9 Å². The van der Waals surface area contributed by atoms with E-state index in [1.165, 1.54) is 0 Å². The summed E-state index contributed by atoms with van der Waals surface area (Å²) in [5.41, 5.74) is 5.33. The number of hydrogen-bond donors (Lipinski definition) is 1. The molecule has 0 aromatic rings. The van der Waals surface area contributed by atoms with Crippen molar-refractivity contribution in [1.29, 1.82) is 0 Å². The van der Waals surface area contributed by atoms with Gasteiger partial charge in [-0.2, -0.15) is 0 Å². The van der Waals surface area contributed by atoms with Crippen molar-refractivity contribution in [2.75, 3.05) is 0 Å². The Morgan fingerprint density at radius 3 is 2.25 bits per heavy atom. The Hall–Kier alpha value is -0.110. The average Bonchev–Trinajstić information content (AvgIpc) is 1.65. The van der Waals surface area contributed by atoms with Crippen LogP contribution in [0, 0.1) is 0 Å². The summed E-state index contributed by atoms with van der Waals surface area (Å²) in [6.45, 7) is 3.65. The van der Waals surface area contributed by atoms with Crippen LogP contribution in [0.3, 0.4) is 0 Å². The Balaban J connectivity index is 3.10. The summed E-state index contributed by atoms with van der Waals surface area (Å²) in [5.74, 6) is 0. The molecule has 1 nitrogen and oxygen atoms in total. The van der Waals surface area contributed by atoms with Crippen LogP contribution in [-0.2, 0) is 0 Å². The molecule has 2 unspecified atom stereocenters. The molecule has 0 aliphatic heterocycles. The van der Waals surface area contributed by atoms with Crippen LogP contribution in [0.2, 0.25) is 0 Å². The largest absolute Gasteiger partial charge is 0.328 e. The molecule has 0 saturated carbocycles. The molecular formula is C6H14FN. The van der Waals surface area contributed by atoms with E-state index in [0.29, 0.717) is 12.8 Å². The zero-order chi connectivity index (χ0) is 6.57. The second-order valence-electron chi connectivity index (χ2n) is 2.22. The Morgan fingerprint density at radius 2 is 2.12 bits per heavy atom. The standard InChI is InChI=1S/C6H14FN/c1-3-6(7)4-5(2)8/h5-6H,3-4,8H2,1-2H3. The van der Waals surface area contributed by atoms with Gasteiger partial charge in [-0.3, -0.25) is 0 Å². The number of alkyl halides is 1. The lowest BCUT2D eigenvalue weighted by atomic mass is 10.1. The maximum atomic E-state index is 12.3. The summed E-state index contributed by atoms with van der Waals surface area (Å²) in [7, 11) is 0. The fourth-order valence-electron chi connectivity index (χ4n) is 0.570. The highest BCUT2D eigenvalue weighted by molar-refractivity contribution is 4.60. The van der Waals surface area contributed by atoms with E-state index >= 15 is 0 Å². The van der Waals surface area contributed by atoms with Crippen LogP contribution < -0.4 is 5.73 Å². The second-order valence-corrected chi connectivity index (χ2v) is 2.22. The van der Waals surface area contributed by atoms with E-state index in [1.54, 1.807) is 0 Å². The molecule has 0 rings (SSSR count). The molecule has 0 saturated heterocycles. The van der Waals surface area contributed by atoms with Crippen molar-refractivity contribution in [3.05, 3.63) is 0 Å². The lowest BCUT2D eigenvalue weighted by Crippen LogP contribution is -2.19. The van der Waals surface area contributed by atoms with Crippen LogP contribution in [0.4, 0.5) is 4.39 Å². The van der Waals surface area contributed by atoms with Crippen molar-refractivity contribution in [3.63, 3.8) is 0 Å². The van der Waals surface area contributed by atoms with Gasteiger partial charge in [0.25, 0.3) is 0 Å². The average molecular weight is 119 g/mol. The van der Waals surface area contributed by atoms with Crippen LogP contribution in [0.25, 0.3) is 0 Å². The monoisotopic (exact) mass is 119 g/mol. The van der Waals surface area contributed by atoms with Crippen molar-refractivity contribution in [1.82, 2.24) is 0 Å². The summed E-state index contributed by atoms with van der Waals surface area (Å²) in [5, 5.41) is 0. The summed E-state index contributed by atoms with van der Waals surface area (Å²) < 4.78 is 12.3. The van der Waals surface area contributed by atoms with Crippen LogP contribution in [0.15, 0.2) is 0 Å². The number of nitrogens with two attached hydrogens (primary N) is 1. The Kier molecular flexibility index (Phi) is 3.79. The van der Waals surface area contributed by atoms with Gasteiger partial charge in [-0.15, -0.1) is 0 Å². The zero-order valence-electron chi connectivity index (χ0n) is 5.52. The minimum atomic E-state index is -0.699. The van der Waals surface area contributed by atoms with E-state index in [9.17, 15) is 4.39 Å². The van der Waals surface area contributed by atoms with E-state index in [4.69, 9.17) is 5.73 Å². The van der Waals surface area contributed by atoms with Crippen molar-refractivity contribution in [3.8, 4) is 0 Å². The third-order valence-corrected chi connectivity index (χ3v) is 1.07. The zero-order valence-corrected chi connectivity index (χ0v) is 5.52. The van der Waals surface area contributed by atoms with E-state index in [1.807, 2.05) is 13.8 Å². The molecule has 0 amide bonds. The van der Waals surface area contributed by atoms with Gasteiger partial charge in [-0.1, -0.05) is 6.92 Å². The number of halogens is 1. The van der Waals surface area contributed by atoms with E-state index < -0.39 is 6.17 Å². The second kappa shape index (κ2) is 3.84. The van der Waals surface area contributed by atoms with Gasteiger partial charge in [-0.25, -0.2) is 4.39 Å². The molecule has 0 aromatic carbocycles. The predicted octanol–water partition coefficient (Wildman–Crippen LogP) is 1.47. The Bertz CT molecular complexity index is 54.5. The number of hydrogen-bond acceptors (Lipinski definition) is 1. The van der Waals surface area contributed by atoms with Gasteiger partial charge in [-0.05, 0) is 19.8 Å². The summed E-state index contributed by atoms with van der Waals surface area (Å²) in [6, 6.07) is 0.00458. The molecule has 0 aliphatic rings. The first kappa shape index (κ1) is 7.89. The maximum absolute atomic E-state index is 12.3. The minimum absolute atomic E-state index is 0.00458. The topological polar surface area (TPSA) is 26.0 Å². The smallest absolute Gasteiger partial charge is 0.101 e. The fourth-order valence-corrected chi connectivity index (χ4v) is 0.570. The molecule has 50 valence electrons. The molecule has 2 atom stereocenters. The normalized spacial score (nSPS) is 18.0. The van der Waals surface area contributed by atoms with Gasteiger partial charge in [0.15, 0.2) is 0 Å². The molecule has 0 radical (unpaired) electrons. The van der Waals surface area contributed by atoms with Crippen LogP contribution in [0.5, 0.6) is 0 Å². The lowest BCUT2D eigenvalue weighted by Gasteiger charge is -2.06. The molecule has 0 spiro atoms. The first-order chi connectivity index (χ1) is 3.66. The van der Waals surface area contributed by atoms with Crippen LogP contribution in [0.1, 0.15) is 26.7 Å². The van der Waals surface area contributed by atoms with Crippen LogP contribution >= 0.6 is 0 Å². The van der Waals surface area contributed by atoms with Crippen LogP contribution in [-0.4, -0.2) is 12.2 Å². The Morgan fingerprint density at radius 1 is 1.62 bits per heavy atom. The van der Waals surface area contributed by atoms with Gasteiger partial charge in [0, 0.05) is 6.04 Å². The first-order valence-electron chi connectivity index (χ1n) is 3.06. The summed E-state index contributed by atoms with van der Waals surface area (Å²) in [6.07, 6.45) is 0.382. The molecule has 0 aliphatic carbocycles. The molecule has 0 fully saturated rings. The quantitative estimate of drug-likeness (QED) is 0.598. The van der Waals surface area contributed by atoms with Crippen molar-refractivity contribution >= 4 is 0 Å². The van der Waals surface area contributed by atoms with Crippen molar-refractivity contribution < 1.29 is 4.39 Å². The minimum Gasteiger partial charge on any atom is -0.328 e. The van der Waals surface area contributed by atoms with Gasteiger partial charge >= 0.3 is 0 Å².